The lowest BCUT2D eigenvalue weighted by molar-refractivity contribution is -0.146. The minimum Gasteiger partial charge on any atom is -0.465 e. The van der Waals surface area contributed by atoms with E-state index in [-0.39, 0.29) is 18.1 Å². The van der Waals surface area contributed by atoms with Crippen LogP contribution in [-0.4, -0.2) is 18.6 Å². The largest absolute Gasteiger partial charge is 0.465 e. The fourth-order valence-corrected chi connectivity index (χ4v) is 2.36. The number of ether oxygens (including phenoxy) is 1. The highest BCUT2D eigenvalue weighted by atomic mass is 32.1. The molecule has 0 bridgehead atoms. The highest BCUT2D eigenvalue weighted by Gasteiger charge is 2.23. The summed E-state index contributed by atoms with van der Waals surface area (Å²) in [6.45, 7) is 8.31. The predicted octanol–water partition coefficient (Wildman–Crippen LogP) is 2.66. The van der Waals surface area contributed by atoms with Crippen LogP contribution in [0.25, 0.3) is 0 Å². The van der Waals surface area contributed by atoms with Gasteiger partial charge in [0.2, 0.25) is 0 Å². The van der Waals surface area contributed by atoms with Crippen molar-refractivity contribution in [2.75, 3.05) is 6.61 Å². The van der Waals surface area contributed by atoms with E-state index in [0.717, 1.165) is 4.88 Å². The minimum absolute atomic E-state index is 0.196. The number of thiophene rings is 1. The zero-order valence-corrected chi connectivity index (χ0v) is 11.1. The van der Waals surface area contributed by atoms with Crippen LogP contribution in [0.3, 0.4) is 0 Å². The molecule has 4 heteroatoms. The molecule has 0 aliphatic rings. The molecule has 3 nitrogen and oxygen atoms in total. The first-order valence-electron chi connectivity index (χ1n) is 5.53. The molecule has 0 fully saturated rings. The Kier molecular flexibility index (Phi) is 4.96. The van der Waals surface area contributed by atoms with E-state index in [4.69, 9.17) is 4.74 Å². The molecule has 16 heavy (non-hydrogen) atoms. The van der Waals surface area contributed by atoms with Crippen molar-refractivity contribution in [2.45, 2.75) is 39.8 Å². The van der Waals surface area contributed by atoms with Gasteiger partial charge in [-0.2, -0.15) is 0 Å². The fraction of sp³-hybridized carbons (Fsp3) is 0.583. The van der Waals surface area contributed by atoms with E-state index < -0.39 is 0 Å². The number of hydrogen-bond acceptors (Lipinski definition) is 4. The Morgan fingerprint density at radius 2 is 2.19 bits per heavy atom. The van der Waals surface area contributed by atoms with Gasteiger partial charge in [-0.15, -0.1) is 11.3 Å². The maximum absolute atomic E-state index is 11.8. The van der Waals surface area contributed by atoms with Crippen molar-refractivity contribution in [1.29, 1.82) is 0 Å². The van der Waals surface area contributed by atoms with Crippen molar-refractivity contribution in [1.82, 2.24) is 5.32 Å². The van der Waals surface area contributed by atoms with E-state index in [1.54, 1.807) is 11.3 Å². The summed E-state index contributed by atoms with van der Waals surface area (Å²) in [6.07, 6.45) is 0. The van der Waals surface area contributed by atoms with Gasteiger partial charge in [0.1, 0.15) is 6.04 Å². The second kappa shape index (κ2) is 6.01. The molecule has 0 saturated carbocycles. The zero-order valence-electron chi connectivity index (χ0n) is 10.2. The molecule has 0 aliphatic carbocycles. The number of hydrogen-bond donors (Lipinski definition) is 1. The first-order valence-corrected chi connectivity index (χ1v) is 6.35. The standard InChI is InChI=1S/C12H19NO2S/c1-5-15-12(14)11(13-8(2)3)10-7-6-9(4)16-10/h6-8,11,13H,5H2,1-4H3. The lowest BCUT2D eigenvalue weighted by atomic mass is 10.2. The molecule has 0 saturated heterocycles. The summed E-state index contributed by atoms with van der Waals surface area (Å²) >= 11 is 1.63. The number of rotatable bonds is 5. The molecule has 1 unspecified atom stereocenters. The number of carbonyl (C=O) groups excluding carboxylic acids is 1. The molecule has 0 spiro atoms. The third-order valence-corrected chi connectivity index (χ3v) is 3.13. The van der Waals surface area contributed by atoms with Gasteiger partial charge in [-0.1, -0.05) is 0 Å². The fourth-order valence-electron chi connectivity index (χ4n) is 1.43. The van der Waals surface area contributed by atoms with Crippen LogP contribution in [0.15, 0.2) is 12.1 Å². The van der Waals surface area contributed by atoms with Gasteiger partial charge in [-0.05, 0) is 39.8 Å². The maximum Gasteiger partial charge on any atom is 0.328 e. The molecular weight excluding hydrogens is 222 g/mol. The van der Waals surface area contributed by atoms with Crippen molar-refractivity contribution in [2.24, 2.45) is 0 Å². The van der Waals surface area contributed by atoms with Crippen LogP contribution < -0.4 is 5.32 Å². The van der Waals surface area contributed by atoms with E-state index in [0.29, 0.717) is 6.61 Å². The molecule has 1 aromatic rings. The van der Waals surface area contributed by atoms with Crippen LogP contribution in [0.2, 0.25) is 0 Å². The zero-order chi connectivity index (χ0) is 12.1. The molecular formula is C12H19NO2S. The molecule has 1 heterocycles. The molecule has 1 N–H and O–H groups in total. The van der Waals surface area contributed by atoms with Gasteiger partial charge < -0.3 is 4.74 Å². The van der Waals surface area contributed by atoms with E-state index >= 15 is 0 Å². The average molecular weight is 241 g/mol. The molecule has 0 amide bonds. The van der Waals surface area contributed by atoms with E-state index in [1.807, 2.05) is 39.8 Å². The average Bonchev–Trinajstić information content (AvgIpc) is 2.61. The van der Waals surface area contributed by atoms with Gasteiger partial charge in [0.25, 0.3) is 0 Å². The Labute approximate surface area is 101 Å². The summed E-state index contributed by atoms with van der Waals surface area (Å²) in [7, 11) is 0. The quantitative estimate of drug-likeness (QED) is 0.805. The van der Waals surface area contributed by atoms with Crippen molar-refractivity contribution >= 4 is 17.3 Å². The number of nitrogens with one attached hydrogen (secondary N) is 1. The lowest BCUT2D eigenvalue weighted by Crippen LogP contribution is -2.34. The molecule has 0 aromatic carbocycles. The Morgan fingerprint density at radius 3 is 2.62 bits per heavy atom. The van der Waals surface area contributed by atoms with Gasteiger partial charge in [-0.3, -0.25) is 5.32 Å². The van der Waals surface area contributed by atoms with Crippen LogP contribution in [0, 0.1) is 6.92 Å². The van der Waals surface area contributed by atoms with E-state index in [2.05, 4.69) is 5.32 Å². The third kappa shape index (κ3) is 3.61. The first-order chi connectivity index (χ1) is 7.54. The highest BCUT2D eigenvalue weighted by molar-refractivity contribution is 7.12. The second-order valence-electron chi connectivity index (χ2n) is 3.95. The van der Waals surface area contributed by atoms with Gasteiger partial charge in [0.15, 0.2) is 0 Å². The summed E-state index contributed by atoms with van der Waals surface area (Å²) in [4.78, 5) is 14.0. The summed E-state index contributed by atoms with van der Waals surface area (Å²) in [5.41, 5.74) is 0. The summed E-state index contributed by atoms with van der Waals surface area (Å²) < 4.78 is 5.07. The molecule has 1 atom stereocenters. The Balaban J connectivity index is 2.82. The smallest absolute Gasteiger partial charge is 0.328 e. The molecule has 1 rings (SSSR count). The van der Waals surface area contributed by atoms with Crippen LogP contribution >= 0.6 is 11.3 Å². The Hall–Kier alpha value is -0.870. The second-order valence-corrected chi connectivity index (χ2v) is 5.27. The molecule has 0 aliphatic heterocycles. The van der Waals surface area contributed by atoms with Crippen LogP contribution in [-0.2, 0) is 9.53 Å². The lowest BCUT2D eigenvalue weighted by Gasteiger charge is -2.18. The Morgan fingerprint density at radius 1 is 1.50 bits per heavy atom. The number of esters is 1. The highest BCUT2D eigenvalue weighted by Crippen LogP contribution is 2.24. The molecule has 90 valence electrons. The van der Waals surface area contributed by atoms with Crippen molar-refractivity contribution in [3.8, 4) is 0 Å². The maximum atomic E-state index is 11.8. The number of aryl methyl sites for hydroxylation is 1. The SMILES string of the molecule is CCOC(=O)C(NC(C)C)c1ccc(C)s1. The molecule has 1 aromatic heterocycles. The van der Waals surface area contributed by atoms with Crippen LogP contribution in [0.4, 0.5) is 0 Å². The van der Waals surface area contributed by atoms with Crippen LogP contribution in [0.5, 0.6) is 0 Å². The van der Waals surface area contributed by atoms with Gasteiger partial charge in [0.05, 0.1) is 6.61 Å². The van der Waals surface area contributed by atoms with Crippen molar-refractivity contribution in [3.05, 3.63) is 21.9 Å². The summed E-state index contributed by atoms with van der Waals surface area (Å²) in [6, 6.07) is 3.92. The normalized spacial score (nSPS) is 12.8. The minimum atomic E-state index is -0.335. The van der Waals surface area contributed by atoms with Crippen molar-refractivity contribution in [3.63, 3.8) is 0 Å². The van der Waals surface area contributed by atoms with E-state index in [9.17, 15) is 4.79 Å². The predicted molar refractivity (Wildman–Crippen MR) is 66.7 cm³/mol. The molecule has 0 radical (unpaired) electrons. The van der Waals surface area contributed by atoms with Gasteiger partial charge in [0, 0.05) is 15.8 Å². The first kappa shape index (κ1) is 13.2. The number of carbonyl (C=O) groups is 1. The third-order valence-electron chi connectivity index (χ3n) is 2.07. The Bertz CT molecular complexity index is 347. The topological polar surface area (TPSA) is 38.3 Å². The van der Waals surface area contributed by atoms with Crippen LogP contribution in [0.1, 0.15) is 36.6 Å². The van der Waals surface area contributed by atoms with Gasteiger partial charge in [-0.25, -0.2) is 4.79 Å². The monoisotopic (exact) mass is 241 g/mol. The van der Waals surface area contributed by atoms with Gasteiger partial charge >= 0.3 is 5.97 Å². The van der Waals surface area contributed by atoms with Crippen molar-refractivity contribution < 1.29 is 9.53 Å². The van der Waals surface area contributed by atoms with E-state index in [1.165, 1.54) is 4.88 Å². The summed E-state index contributed by atoms with van der Waals surface area (Å²) in [5.74, 6) is -0.196. The summed E-state index contributed by atoms with van der Waals surface area (Å²) in [5, 5.41) is 3.23.